The summed E-state index contributed by atoms with van der Waals surface area (Å²) in [4.78, 5) is 11.0. The average Bonchev–Trinajstić information content (AvgIpc) is 2.73. The number of carboxylic acid groups (broad SMARTS) is 1. The second kappa shape index (κ2) is 4.18. The summed E-state index contributed by atoms with van der Waals surface area (Å²) in [6.45, 7) is 4.24. The third-order valence-electron chi connectivity index (χ3n) is 3.96. The molecule has 4 nitrogen and oxygen atoms in total. The Morgan fingerprint density at radius 3 is 2.76 bits per heavy atom. The number of aliphatic hydroxyl groups is 1. The van der Waals surface area contributed by atoms with E-state index in [1.807, 2.05) is 0 Å². The first-order valence-corrected chi connectivity index (χ1v) is 5.97. The third kappa shape index (κ3) is 2.09. The Hall–Kier alpha value is -1.29. The first kappa shape index (κ1) is 12.2. The molecule has 0 saturated heterocycles. The van der Waals surface area contributed by atoms with Gasteiger partial charge in [0.1, 0.15) is 16.9 Å². The quantitative estimate of drug-likeness (QED) is 0.830. The molecule has 2 rings (SSSR count). The highest BCUT2D eigenvalue weighted by Gasteiger charge is 2.42. The first-order chi connectivity index (χ1) is 7.94. The number of hydrogen-bond acceptors (Lipinski definition) is 3. The van der Waals surface area contributed by atoms with Crippen LogP contribution >= 0.6 is 0 Å². The standard InChI is InChI=1S/C13H18O4/c1-8-3-5-13(16,7-9(8)2)11-10(12(14)15)4-6-17-11/h4,6,8-9,16H,3,5,7H2,1-2H3,(H,14,15). The molecule has 0 spiro atoms. The molecular formula is C13H18O4. The molecule has 4 heteroatoms. The molecule has 1 aromatic heterocycles. The predicted molar refractivity (Wildman–Crippen MR) is 61.7 cm³/mol. The molecule has 1 aliphatic carbocycles. The molecular weight excluding hydrogens is 220 g/mol. The molecule has 1 aliphatic rings. The summed E-state index contributed by atoms with van der Waals surface area (Å²) in [5.41, 5.74) is -1.04. The third-order valence-corrected chi connectivity index (χ3v) is 3.96. The van der Waals surface area contributed by atoms with E-state index >= 15 is 0 Å². The molecule has 17 heavy (non-hydrogen) atoms. The Bertz CT molecular complexity index is 423. The van der Waals surface area contributed by atoms with Gasteiger partial charge in [-0.3, -0.25) is 0 Å². The van der Waals surface area contributed by atoms with Crippen molar-refractivity contribution in [2.24, 2.45) is 11.8 Å². The molecule has 0 amide bonds. The molecule has 0 bridgehead atoms. The predicted octanol–water partition coefficient (Wildman–Crippen LogP) is 2.62. The molecule has 1 fully saturated rings. The van der Waals surface area contributed by atoms with Crippen molar-refractivity contribution in [2.45, 2.75) is 38.7 Å². The molecule has 1 aromatic rings. The van der Waals surface area contributed by atoms with E-state index in [0.29, 0.717) is 24.7 Å². The molecule has 3 unspecified atom stereocenters. The van der Waals surface area contributed by atoms with Gasteiger partial charge in [-0.05, 0) is 37.2 Å². The molecule has 3 atom stereocenters. The molecule has 1 heterocycles. The number of carboxylic acids is 1. The second-order valence-corrected chi connectivity index (χ2v) is 5.20. The molecule has 94 valence electrons. The summed E-state index contributed by atoms with van der Waals surface area (Å²) in [6.07, 6.45) is 3.34. The number of aromatic carboxylic acids is 1. The van der Waals surface area contributed by atoms with Crippen LogP contribution in [0.25, 0.3) is 0 Å². The molecule has 0 aromatic carbocycles. The van der Waals surface area contributed by atoms with E-state index in [4.69, 9.17) is 9.52 Å². The van der Waals surface area contributed by atoms with Crippen LogP contribution in [0.3, 0.4) is 0 Å². The van der Waals surface area contributed by atoms with Crippen LogP contribution in [0.4, 0.5) is 0 Å². The minimum Gasteiger partial charge on any atom is -0.478 e. The highest BCUT2D eigenvalue weighted by molar-refractivity contribution is 5.89. The van der Waals surface area contributed by atoms with Gasteiger partial charge >= 0.3 is 5.97 Å². The van der Waals surface area contributed by atoms with Crippen molar-refractivity contribution < 1.29 is 19.4 Å². The van der Waals surface area contributed by atoms with Gasteiger partial charge in [-0.1, -0.05) is 13.8 Å². The van der Waals surface area contributed by atoms with Crippen LogP contribution in [-0.2, 0) is 5.60 Å². The largest absolute Gasteiger partial charge is 0.478 e. The van der Waals surface area contributed by atoms with E-state index in [-0.39, 0.29) is 11.3 Å². The van der Waals surface area contributed by atoms with Crippen LogP contribution in [0.2, 0.25) is 0 Å². The lowest BCUT2D eigenvalue weighted by Gasteiger charge is -2.37. The highest BCUT2D eigenvalue weighted by Crippen LogP contribution is 2.43. The van der Waals surface area contributed by atoms with Crippen LogP contribution < -0.4 is 0 Å². The number of carbonyl (C=O) groups is 1. The maximum Gasteiger partial charge on any atom is 0.339 e. The van der Waals surface area contributed by atoms with E-state index in [9.17, 15) is 9.90 Å². The van der Waals surface area contributed by atoms with Gasteiger partial charge < -0.3 is 14.6 Å². The van der Waals surface area contributed by atoms with Gasteiger partial charge in [0.15, 0.2) is 0 Å². The number of furan rings is 1. The Kier molecular flexibility index (Phi) is 3.00. The Morgan fingerprint density at radius 1 is 1.47 bits per heavy atom. The molecule has 1 saturated carbocycles. The maximum atomic E-state index is 11.0. The zero-order valence-corrected chi connectivity index (χ0v) is 10.1. The van der Waals surface area contributed by atoms with Crippen LogP contribution in [0.5, 0.6) is 0 Å². The lowest BCUT2D eigenvalue weighted by atomic mass is 9.71. The normalized spacial score (nSPS) is 33.6. The molecule has 2 N–H and O–H groups in total. The highest BCUT2D eigenvalue weighted by atomic mass is 16.4. The minimum absolute atomic E-state index is 0.0780. The fourth-order valence-corrected chi connectivity index (χ4v) is 2.63. The van der Waals surface area contributed by atoms with Crippen molar-refractivity contribution in [3.8, 4) is 0 Å². The van der Waals surface area contributed by atoms with Gasteiger partial charge in [-0.15, -0.1) is 0 Å². The van der Waals surface area contributed by atoms with Crippen molar-refractivity contribution >= 4 is 5.97 Å². The molecule has 0 radical (unpaired) electrons. The van der Waals surface area contributed by atoms with E-state index < -0.39 is 11.6 Å². The van der Waals surface area contributed by atoms with Gasteiger partial charge in [0.05, 0.1) is 6.26 Å². The van der Waals surface area contributed by atoms with Gasteiger partial charge in [-0.25, -0.2) is 4.79 Å². The summed E-state index contributed by atoms with van der Waals surface area (Å²) in [7, 11) is 0. The van der Waals surface area contributed by atoms with Crippen molar-refractivity contribution in [2.75, 3.05) is 0 Å². The van der Waals surface area contributed by atoms with E-state index in [1.165, 1.54) is 12.3 Å². The monoisotopic (exact) mass is 238 g/mol. The molecule has 0 aliphatic heterocycles. The van der Waals surface area contributed by atoms with Gasteiger partial charge in [0.2, 0.25) is 0 Å². The van der Waals surface area contributed by atoms with Crippen LogP contribution in [0.1, 0.15) is 49.2 Å². The lowest BCUT2D eigenvalue weighted by Crippen LogP contribution is -2.36. The zero-order chi connectivity index (χ0) is 12.6. The number of hydrogen-bond donors (Lipinski definition) is 2. The van der Waals surface area contributed by atoms with E-state index in [0.717, 1.165) is 6.42 Å². The fraction of sp³-hybridized carbons (Fsp3) is 0.615. The minimum atomic E-state index is -1.12. The van der Waals surface area contributed by atoms with E-state index in [2.05, 4.69) is 13.8 Å². The summed E-state index contributed by atoms with van der Waals surface area (Å²) < 4.78 is 5.22. The topological polar surface area (TPSA) is 70.7 Å². The Balaban J connectivity index is 2.32. The summed E-state index contributed by atoms with van der Waals surface area (Å²) in [6, 6.07) is 1.40. The smallest absolute Gasteiger partial charge is 0.339 e. The maximum absolute atomic E-state index is 11.0. The Morgan fingerprint density at radius 2 is 2.18 bits per heavy atom. The van der Waals surface area contributed by atoms with E-state index in [1.54, 1.807) is 0 Å². The summed E-state index contributed by atoms with van der Waals surface area (Å²) in [5, 5.41) is 19.6. The van der Waals surface area contributed by atoms with Gasteiger partial charge in [-0.2, -0.15) is 0 Å². The first-order valence-electron chi connectivity index (χ1n) is 5.97. The summed E-state index contributed by atoms with van der Waals surface area (Å²) in [5.74, 6) is 0.0798. The lowest BCUT2D eigenvalue weighted by molar-refractivity contribution is -0.0506. The van der Waals surface area contributed by atoms with Crippen molar-refractivity contribution in [3.63, 3.8) is 0 Å². The van der Waals surface area contributed by atoms with Crippen LogP contribution in [-0.4, -0.2) is 16.2 Å². The van der Waals surface area contributed by atoms with Crippen molar-refractivity contribution in [3.05, 3.63) is 23.7 Å². The fourth-order valence-electron chi connectivity index (χ4n) is 2.63. The Labute approximate surface area is 100 Å². The van der Waals surface area contributed by atoms with Crippen LogP contribution in [0, 0.1) is 11.8 Å². The zero-order valence-electron chi connectivity index (χ0n) is 10.1. The van der Waals surface area contributed by atoms with Crippen molar-refractivity contribution in [1.82, 2.24) is 0 Å². The van der Waals surface area contributed by atoms with Crippen LogP contribution in [0.15, 0.2) is 16.7 Å². The number of rotatable bonds is 2. The summed E-state index contributed by atoms with van der Waals surface area (Å²) >= 11 is 0. The van der Waals surface area contributed by atoms with Crippen molar-refractivity contribution in [1.29, 1.82) is 0 Å². The van der Waals surface area contributed by atoms with Gasteiger partial charge in [0, 0.05) is 0 Å². The van der Waals surface area contributed by atoms with Gasteiger partial charge in [0.25, 0.3) is 0 Å². The second-order valence-electron chi connectivity index (χ2n) is 5.20. The average molecular weight is 238 g/mol. The SMILES string of the molecule is CC1CCC(O)(c2occc2C(=O)O)CC1C.